The Bertz CT molecular complexity index is 686. The zero-order valence-corrected chi connectivity index (χ0v) is 16.7. The molecule has 2 aromatic rings. The summed E-state index contributed by atoms with van der Waals surface area (Å²) in [5.41, 5.74) is 3.65. The van der Waals surface area contributed by atoms with Crippen molar-refractivity contribution >= 4 is 5.96 Å². The molecule has 0 aliphatic carbocycles. The fourth-order valence-electron chi connectivity index (χ4n) is 2.96. The van der Waals surface area contributed by atoms with Gasteiger partial charge in [0.2, 0.25) is 0 Å². The smallest absolute Gasteiger partial charge is 0.191 e. The zero-order chi connectivity index (χ0) is 18.9. The van der Waals surface area contributed by atoms with Gasteiger partial charge in [-0.15, -0.1) is 10.2 Å². The first-order valence-corrected chi connectivity index (χ1v) is 9.37. The highest BCUT2D eigenvalue weighted by atomic mass is 15.3. The molecule has 2 N–H and O–H groups in total. The lowest BCUT2D eigenvalue weighted by atomic mass is 10.1. The summed E-state index contributed by atoms with van der Waals surface area (Å²) < 4.78 is 3.94. The minimum Gasteiger partial charge on any atom is -0.357 e. The fourth-order valence-corrected chi connectivity index (χ4v) is 2.96. The molecule has 2 aromatic heterocycles. The predicted molar refractivity (Wildman–Crippen MR) is 104 cm³/mol. The average Bonchev–Trinajstić information content (AvgIpc) is 3.19. The van der Waals surface area contributed by atoms with Crippen molar-refractivity contribution in [2.45, 2.75) is 59.5 Å². The number of aliphatic imine (C=N–C) groups is 1. The molecule has 1 unspecified atom stereocenters. The van der Waals surface area contributed by atoms with Gasteiger partial charge in [0.05, 0.1) is 5.69 Å². The second-order valence-electron chi connectivity index (χ2n) is 6.69. The Kier molecular flexibility index (Phi) is 7.62. The molecule has 0 aliphatic rings. The summed E-state index contributed by atoms with van der Waals surface area (Å²) in [4.78, 5) is 4.70. The van der Waals surface area contributed by atoms with Gasteiger partial charge in [-0.25, -0.2) is 0 Å². The summed E-state index contributed by atoms with van der Waals surface area (Å²) in [5, 5.41) is 19.0. The first-order chi connectivity index (χ1) is 12.5. The van der Waals surface area contributed by atoms with Gasteiger partial charge in [0.15, 0.2) is 5.96 Å². The third-order valence-corrected chi connectivity index (χ3v) is 4.46. The molecule has 8 nitrogen and oxygen atoms in total. The minimum absolute atomic E-state index is 0.284. The van der Waals surface area contributed by atoms with Crippen LogP contribution in [-0.4, -0.2) is 49.6 Å². The Morgan fingerprint density at radius 2 is 1.96 bits per heavy atom. The summed E-state index contributed by atoms with van der Waals surface area (Å²) in [6, 6.07) is 0.284. The van der Waals surface area contributed by atoms with E-state index in [1.807, 2.05) is 16.3 Å². The van der Waals surface area contributed by atoms with Gasteiger partial charge in [-0.2, -0.15) is 5.10 Å². The quantitative estimate of drug-likeness (QED) is 0.403. The first-order valence-electron chi connectivity index (χ1n) is 9.37. The molecule has 0 spiro atoms. The maximum absolute atomic E-state index is 4.70. The van der Waals surface area contributed by atoms with E-state index in [0.29, 0.717) is 0 Å². The number of aryl methyl sites for hydroxylation is 3. The number of hydrogen-bond acceptors (Lipinski definition) is 4. The molecule has 144 valence electrons. The van der Waals surface area contributed by atoms with E-state index in [-0.39, 0.29) is 6.04 Å². The summed E-state index contributed by atoms with van der Waals surface area (Å²) in [6.07, 6.45) is 6.52. The number of rotatable bonds is 9. The Balaban J connectivity index is 1.81. The van der Waals surface area contributed by atoms with Gasteiger partial charge in [-0.05, 0) is 52.5 Å². The molecule has 1 atom stereocenters. The van der Waals surface area contributed by atoms with Crippen LogP contribution in [0.25, 0.3) is 0 Å². The summed E-state index contributed by atoms with van der Waals surface area (Å²) in [6.45, 7) is 11.1. The summed E-state index contributed by atoms with van der Waals surface area (Å²) in [5.74, 6) is 0.878. The van der Waals surface area contributed by atoms with E-state index in [1.165, 1.54) is 11.3 Å². The molecule has 26 heavy (non-hydrogen) atoms. The molecular weight excluding hydrogens is 328 g/mol. The van der Waals surface area contributed by atoms with Crippen LogP contribution >= 0.6 is 0 Å². The maximum atomic E-state index is 4.70. The topological polar surface area (TPSA) is 84.9 Å². The normalized spacial score (nSPS) is 13.0. The van der Waals surface area contributed by atoms with E-state index >= 15 is 0 Å². The number of hydrogen-bond donors (Lipinski definition) is 2. The molecule has 2 heterocycles. The van der Waals surface area contributed by atoms with Crippen molar-refractivity contribution in [3.05, 3.63) is 29.6 Å². The predicted octanol–water partition coefficient (Wildman–Crippen LogP) is 1.59. The van der Waals surface area contributed by atoms with Crippen LogP contribution in [0, 0.1) is 13.8 Å². The van der Waals surface area contributed by atoms with E-state index < -0.39 is 0 Å². The van der Waals surface area contributed by atoms with Crippen LogP contribution in [0.1, 0.15) is 43.6 Å². The van der Waals surface area contributed by atoms with Crippen LogP contribution < -0.4 is 10.6 Å². The van der Waals surface area contributed by atoms with E-state index in [4.69, 9.17) is 4.99 Å². The van der Waals surface area contributed by atoms with Crippen LogP contribution in [-0.2, 0) is 20.0 Å². The number of aromatic nitrogens is 5. The van der Waals surface area contributed by atoms with Gasteiger partial charge >= 0.3 is 0 Å². The van der Waals surface area contributed by atoms with Gasteiger partial charge in [-0.1, -0.05) is 0 Å². The number of nitrogens with zero attached hydrogens (tertiary/aromatic N) is 6. The molecule has 0 amide bonds. The minimum atomic E-state index is 0.284. The van der Waals surface area contributed by atoms with Crippen LogP contribution in [0.2, 0.25) is 0 Å². The van der Waals surface area contributed by atoms with Gasteiger partial charge in [0.1, 0.15) is 12.7 Å². The molecule has 0 fully saturated rings. The molecule has 0 saturated heterocycles. The Morgan fingerprint density at radius 1 is 1.23 bits per heavy atom. The lowest BCUT2D eigenvalue weighted by Gasteiger charge is -2.18. The Hall–Kier alpha value is -2.38. The van der Waals surface area contributed by atoms with Gasteiger partial charge < -0.3 is 15.2 Å². The number of guanidine groups is 1. The Labute approximate surface area is 156 Å². The molecule has 0 radical (unpaired) electrons. The highest BCUT2D eigenvalue weighted by Gasteiger charge is 2.13. The van der Waals surface area contributed by atoms with Crippen LogP contribution in [0.4, 0.5) is 0 Å². The fraction of sp³-hybridized carbons (Fsp3) is 0.667. The first kappa shape index (κ1) is 19.9. The molecular formula is C18H32N8. The van der Waals surface area contributed by atoms with Crippen molar-refractivity contribution in [1.82, 2.24) is 35.2 Å². The van der Waals surface area contributed by atoms with Crippen molar-refractivity contribution < 1.29 is 0 Å². The second kappa shape index (κ2) is 9.94. The standard InChI is InChI=1S/C18H32N8/c1-6-19-18(20-9-7-8-10-26-12-21-22-13-26)23-14(2)11-17-15(3)24-25(5)16(17)4/h12-14H,6-11H2,1-5H3,(H2,19,20,23). The third-order valence-electron chi connectivity index (χ3n) is 4.46. The van der Waals surface area contributed by atoms with Crippen molar-refractivity contribution in [3.8, 4) is 0 Å². The molecule has 0 bridgehead atoms. The van der Waals surface area contributed by atoms with Crippen LogP contribution in [0.5, 0.6) is 0 Å². The van der Waals surface area contributed by atoms with Gasteiger partial charge in [-0.3, -0.25) is 9.67 Å². The van der Waals surface area contributed by atoms with Gasteiger partial charge in [0, 0.05) is 38.4 Å². The maximum Gasteiger partial charge on any atom is 0.191 e. The van der Waals surface area contributed by atoms with E-state index in [2.05, 4.69) is 53.6 Å². The van der Waals surface area contributed by atoms with Gasteiger partial charge in [0.25, 0.3) is 0 Å². The lowest BCUT2D eigenvalue weighted by molar-refractivity contribution is 0.606. The van der Waals surface area contributed by atoms with Crippen molar-refractivity contribution in [3.63, 3.8) is 0 Å². The van der Waals surface area contributed by atoms with Crippen LogP contribution in [0.15, 0.2) is 17.6 Å². The average molecular weight is 361 g/mol. The van der Waals surface area contributed by atoms with Crippen LogP contribution in [0.3, 0.4) is 0 Å². The van der Waals surface area contributed by atoms with Crippen molar-refractivity contribution in [2.75, 3.05) is 13.1 Å². The Morgan fingerprint density at radius 3 is 2.58 bits per heavy atom. The SMILES string of the molecule is CCNC(=NCCCCn1cnnc1)NC(C)Cc1c(C)nn(C)c1C. The second-order valence-corrected chi connectivity index (χ2v) is 6.69. The zero-order valence-electron chi connectivity index (χ0n) is 16.7. The number of unbranched alkanes of at least 4 members (excludes halogenated alkanes) is 1. The summed E-state index contributed by atoms with van der Waals surface area (Å²) >= 11 is 0. The van der Waals surface area contributed by atoms with Crippen molar-refractivity contribution in [2.24, 2.45) is 12.0 Å². The molecule has 0 aromatic carbocycles. The third kappa shape index (κ3) is 5.86. The largest absolute Gasteiger partial charge is 0.357 e. The van der Waals surface area contributed by atoms with E-state index in [0.717, 1.165) is 50.6 Å². The highest BCUT2D eigenvalue weighted by Crippen LogP contribution is 2.14. The highest BCUT2D eigenvalue weighted by molar-refractivity contribution is 5.80. The summed E-state index contributed by atoms with van der Waals surface area (Å²) in [7, 11) is 2.00. The number of nitrogens with one attached hydrogen (secondary N) is 2. The van der Waals surface area contributed by atoms with Crippen molar-refractivity contribution in [1.29, 1.82) is 0 Å². The molecule has 0 saturated carbocycles. The molecule has 0 aliphatic heterocycles. The monoisotopic (exact) mass is 360 g/mol. The molecule has 2 rings (SSSR count). The van der Waals surface area contributed by atoms with E-state index in [1.54, 1.807) is 12.7 Å². The molecule has 8 heteroatoms. The lowest BCUT2D eigenvalue weighted by Crippen LogP contribution is -2.43. The van der Waals surface area contributed by atoms with E-state index in [9.17, 15) is 0 Å².